The number of sulfonamides is 1. The Labute approximate surface area is 128 Å². The van der Waals surface area contributed by atoms with Crippen molar-refractivity contribution in [3.63, 3.8) is 0 Å². The quantitative estimate of drug-likeness (QED) is 0.783. The van der Waals surface area contributed by atoms with Gasteiger partial charge < -0.3 is 10.6 Å². The van der Waals surface area contributed by atoms with E-state index in [1.807, 2.05) is 0 Å². The Morgan fingerprint density at radius 1 is 1.48 bits per heavy atom. The van der Waals surface area contributed by atoms with E-state index in [0.29, 0.717) is 31.5 Å². The summed E-state index contributed by atoms with van der Waals surface area (Å²) in [5, 5.41) is 0.209. The second-order valence-electron chi connectivity index (χ2n) is 5.05. The van der Waals surface area contributed by atoms with Crippen LogP contribution in [0.1, 0.15) is 23.2 Å². The summed E-state index contributed by atoms with van der Waals surface area (Å²) in [7, 11) is -3.23. The summed E-state index contributed by atoms with van der Waals surface area (Å²) in [6.45, 7) is 0.927. The molecule has 1 fully saturated rings. The van der Waals surface area contributed by atoms with Gasteiger partial charge in [-0.2, -0.15) is 0 Å². The first kappa shape index (κ1) is 16.0. The van der Waals surface area contributed by atoms with Crippen LogP contribution in [0.5, 0.6) is 0 Å². The fourth-order valence-corrected chi connectivity index (χ4v) is 3.30. The van der Waals surface area contributed by atoms with E-state index in [9.17, 15) is 13.2 Å². The number of carbonyl (C=O) groups is 1. The average molecular weight is 333 g/mol. The van der Waals surface area contributed by atoms with E-state index < -0.39 is 10.0 Å². The van der Waals surface area contributed by atoms with E-state index in [2.05, 4.69) is 9.71 Å². The van der Waals surface area contributed by atoms with Gasteiger partial charge in [-0.15, -0.1) is 0 Å². The zero-order valence-corrected chi connectivity index (χ0v) is 13.1. The van der Waals surface area contributed by atoms with Crippen molar-refractivity contribution < 1.29 is 13.2 Å². The number of aromatic nitrogens is 1. The van der Waals surface area contributed by atoms with Crippen LogP contribution in [0, 0.1) is 0 Å². The van der Waals surface area contributed by atoms with Crippen LogP contribution in [-0.2, 0) is 10.0 Å². The van der Waals surface area contributed by atoms with Crippen molar-refractivity contribution in [1.29, 1.82) is 0 Å². The van der Waals surface area contributed by atoms with Crippen LogP contribution in [0.3, 0.4) is 0 Å². The lowest BCUT2D eigenvalue weighted by Crippen LogP contribution is -2.46. The SMILES string of the molecule is CS(=O)(=O)NC1CCN(C(=O)c2cc(Cl)ncc2N)CC1. The van der Waals surface area contributed by atoms with Gasteiger partial charge >= 0.3 is 0 Å². The van der Waals surface area contributed by atoms with Gasteiger partial charge in [-0.05, 0) is 18.9 Å². The lowest BCUT2D eigenvalue weighted by Gasteiger charge is -2.32. The Hall–Kier alpha value is -1.38. The number of halogens is 1. The maximum Gasteiger partial charge on any atom is 0.256 e. The Kier molecular flexibility index (Phi) is 4.70. The zero-order chi connectivity index (χ0) is 15.6. The molecule has 1 saturated heterocycles. The highest BCUT2D eigenvalue weighted by atomic mass is 35.5. The monoisotopic (exact) mass is 332 g/mol. The molecule has 1 aliphatic rings. The maximum absolute atomic E-state index is 12.4. The van der Waals surface area contributed by atoms with Gasteiger partial charge in [0.05, 0.1) is 23.7 Å². The molecular weight excluding hydrogens is 316 g/mol. The number of nitrogen functional groups attached to an aromatic ring is 1. The van der Waals surface area contributed by atoms with Crippen molar-refractivity contribution in [2.45, 2.75) is 18.9 Å². The first-order chi connectivity index (χ1) is 9.76. The number of amides is 1. The fourth-order valence-electron chi connectivity index (χ4n) is 2.30. The molecule has 1 aromatic heterocycles. The number of carbonyl (C=O) groups excluding carboxylic acids is 1. The third-order valence-corrected chi connectivity index (χ3v) is 4.26. The van der Waals surface area contributed by atoms with Crippen LogP contribution >= 0.6 is 11.6 Å². The molecular formula is C12H17ClN4O3S. The number of nitrogens with zero attached hydrogens (tertiary/aromatic N) is 2. The van der Waals surface area contributed by atoms with E-state index in [-0.39, 0.29) is 22.8 Å². The maximum atomic E-state index is 12.4. The van der Waals surface area contributed by atoms with Gasteiger partial charge in [0.15, 0.2) is 0 Å². The molecule has 1 amide bonds. The lowest BCUT2D eigenvalue weighted by molar-refractivity contribution is 0.0712. The number of pyridine rings is 1. The Morgan fingerprint density at radius 2 is 2.10 bits per heavy atom. The smallest absolute Gasteiger partial charge is 0.256 e. The van der Waals surface area contributed by atoms with Crippen molar-refractivity contribution in [3.8, 4) is 0 Å². The van der Waals surface area contributed by atoms with Crippen molar-refractivity contribution in [2.24, 2.45) is 0 Å². The minimum absolute atomic E-state index is 0.137. The fraction of sp³-hybridized carbons (Fsp3) is 0.500. The Bertz CT molecular complexity index is 642. The first-order valence-corrected chi connectivity index (χ1v) is 8.71. The first-order valence-electron chi connectivity index (χ1n) is 6.44. The third-order valence-electron chi connectivity index (χ3n) is 3.29. The topological polar surface area (TPSA) is 105 Å². The van der Waals surface area contributed by atoms with Crippen LogP contribution in [0.4, 0.5) is 5.69 Å². The number of hydrogen-bond acceptors (Lipinski definition) is 5. The predicted octanol–water partition coefficient (Wildman–Crippen LogP) is 0.471. The highest BCUT2D eigenvalue weighted by Gasteiger charge is 2.26. The molecule has 2 rings (SSSR count). The molecule has 21 heavy (non-hydrogen) atoms. The summed E-state index contributed by atoms with van der Waals surface area (Å²) >= 11 is 5.78. The van der Waals surface area contributed by atoms with Crippen LogP contribution in [-0.4, -0.2) is 49.6 Å². The number of nitrogens with one attached hydrogen (secondary N) is 1. The van der Waals surface area contributed by atoms with E-state index >= 15 is 0 Å². The van der Waals surface area contributed by atoms with Gasteiger partial charge in [-0.1, -0.05) is 11.6 Å². The zero-order valence-electron chi connectivity index (χ0n) is 11.5. The third kappa shape index (κ3) is 4.29. The molecule has 0 radical (unpaired) electrons. The average Bonchev–Trinajstić information content (AvgIpc) is 2.40. The molecule has 0 spiro atoms. The number of nitrogens with two attached hydrogens (primary N) is 1. The molecule has 1 aliphatic heterocycles. The minimum Gasteiger partial charge on any atom is -0.397 e. The van der Waals surface area contributed by atoms with Crippen molar-refractivity contribution >= 4 is 33.2 Å². The summed E-state index contributed by atoms with van der Waals surface area (Å²) in [5.74, 6) is -0.213. The molecule has 0 bridgehead atoms. The molecule has 7 nitrogen and oxygen atoms in total. The summed E-state index contributed by atoms with van der Waals surface area (Å²) < 4.78 is 24.9. The van der Waals surface area contributed by atoms with Gasteiger partial charge in [0, 0.05) is 19.1 Å². The van der Waals surface area contributed by atoms with Crippen molar-refractivity contribution in [1.82, 2.24) is 14.6 Å². The number of anilines is 1. The van der Waals surface area contributed by atoms with E-state index in [4.69, 9.17) is 17.3 Å². The summed E-state index contributed by atoms with van der Waals surface area (Å²) in [6.07, 6.45) is 3.62. The van der Waals surface area contributed by atoms with Crippen LogP contribution in [0.15, 0.2) is 12.3 Å². The van der Waals surface area contributed by atoms with Gasteiger partial charge in [-0.3, -0.25) is 4.79 Å². The van der Waals surface area contributed by atoms with Crippen LogP contribution in [0.25, 0.3) is 0 Å². The highest BCUT2D eigenvalue weighted by molar-refractivity contribution is 7.88. The summed E-state index contributed by atoms with van der Waals surface area (Å²) in [6, 6.07) is 1.31. The molecule has 0 aromatic carbocycles. The van der Waals surface area contributed by atoms with Crippen LogP contribution in [0.2, 0.25) is 5.15 Å². The van der Waals surface area contributed by atoms with Crippen molar-refractivity contribution in [3.05, 3.63) is 23.0 Å². The molecule has 9 heteroatoms. The minimum atomic E-state index is -3.23. The number of likely N-dealkylation sites (tertiary alicyclic amines) is 1. The second kappa shape index (κ2) is 6.17. The van der Waals surface area contributed by atoms with Gasteiger partial charge in [0.2, 0.25) is 10.0 Å². The molecule has 2 heterocycles. The molecule has 116 valence electrons. The largest absolute Gasteiger partial charge is 0.397 e. The van der Waals surface area contributed by atoms with Gasteiger partial charge in [0.25, 0.3) is 5.91 Å². The second-order valence-corrected chi connectivity index (χ2v) is 7.22. The van der Waals surface area contributed by atoms with Crippen LogP contribution < -0.4 is 10.5 Å². The highest BCUT2D eigenvalue weighted by Crippen LogP contribution is 2.20. The number of piperidine rings is 1. The lowest BCUT2D eigenvalue weighted by atomic mass is 10.0. The predicted molar refractivity (Wildman–Crippen MR) is 80.6 cm³/mol. The summed E-state index contributed by atoms with van der Waals surface area (Å²) in [4.78, 5) is 17.8. The Balaban J connectivity index is 2.02. The standard InChI is InChI=1S/C12H17ClN4O3S/c1-21(19,20)16-8-2-4-17(5-3-8)12(18)9-6-11(13)15-7-10(9)14/h6-8,16H,2-5,14H2,1H3. The van der Waals surface area contributed by atoms with Gasteiger partial charge in [-0.25, -0.2) is 18.1 Å². The molecule has 0 atom stereocenters. The molecule has 0 aliphatic carbocycles. The molecule has 3 N–H and O–H groups in total. The number of hydrogen-bond donors (Lipinski definition) is 2. The van der Waals surface area contributed by atoms with E-state index in [1.54, 1.807) is 4.90 Å². The molecule has 0 saturated carbocycles. The van der Waals surface area contributed by atoms with Crippen molar-refractivity contribution in [2.75, 3.05) is 25.1 Å². The Morgan fingerprint density at radius 3 is 2.67 bits per heavy atom. The van der Waals surface area contributed by atoms with Gasteiger partial charge in [0.1, 0.15) is 5.15 Å². The summed E-state index contributed by atoms with van der Waals surface area (Å²) in [5.41, 5.74) is 6.35. The van der Waals surface area contributed by atoms with E-state index in [0.717, 1.165) is 6.26 Å². The normalized spacial score (nSPS) is 17.0. The number of rotatable bonds is 3. The molecule has 0 unspecified atom stereocenters. The molecule has 1 aromatic rings. The van der Waals surface area contributed by atoms with E-state index in [1.165, 1.54) is 12.3 Å².